The van der Waals surface area contributed by atoms with E-state index < -0.39 is 0 Å². The van der Waals surface area contributed by atoms with Crippen LogP contribution in [-0.2, 0) is 0 Å². The predicted molar refractivity (Wildman–Crippen MR) is 70.7 cm³/mol. The van der Waals surface area contributed by atoms with Crippen LogP contribution in [0.1, 0.15) is 15.9 Å². The maximum Gasteiger partial charge on any atom is 0.196 e. The number of phenols is 1. The molecule has 0 unspecified atom stereocenters. The third-order valence-corrected chi connectivity index (χ3v) is 3.52. The van der Waals surface area contributed by atoms with Gasteiger partial charge in [-0.1, -0.05) is 41.9 Å². The number of hydrogen-bond donors (Lipinski definition) is 1. The molecule has 0 aliphatic carbocycles. The van der Waals surface area contributed by atoms with Gasteiger partial charge >= 0.3 is 0 Å². The molecule has 0 aromatic heterocycles. The van der Waals surface area contributed by atoms with E-state index in [0.717, 1.165) is 0 Å². The van der Waals surface area contributed by atoms with E-state index in [4.69, 9.17) is 11.6 Å². The molecule has 0 atom stereocenters. The van der Waals surface area contributed by atoms with E-state index in [0.29, 0.717) is 15.1 Å². The number of carbonyl (C=O) groups excluding carboxylic acids is 1. The summed E-state index contributed by atoms with van der Waals surface area (Å²) in [6.07, 6.45) is 0. The van der Waals surface area contributed by atoms with Gasteiger partial charge in [0.15, 0.2) is 5.78 Å². The lowest BCUT2D eigenvalue weighted by Crippen LogP contribution is -2.01. The van der Waals surface area contributed by atoms with Crippen molar-refractivity contribution in [2.45, 2.75) is 0 Å². The summed E-state index contributed by atoms with van der Waals surface area (Å²) in [6.45, 7) is 0. The van der Waals surface area contributed by atoms with Crippen molar-refractivity contribution in [3.63, 3.8) is 0 Å². The minimum atomic E-state index is -0.236. The van der Waals surface area contributed by atoms with Gasteiger partial charge in [0.2, 0.25) is 0 Å². The molecule has 0 aliphatic heterocycles. The van der Waals surface area contributed by atoms with Gasteiger partial charge in [-0.25, -0.2) is 0 Å². The van der Waals surface area contributed by atoms with Crippen molar-refractivity contribution in [1.29, 1.82) is 0 Å². The molecule has 2 rings (SSSR count). The maximum absolute atomic E-state index is 12.1. The van der Waals surface area contributed by atoms with E-state index in [1.54, 1.807) is 24.3 Å². The zero-order valence-corrected chi connectivity index (χ0v) is 11.0. The molecule has 1 N–H and O–H groups in total. The minimum Gasteiger partial charge on any atom is -0.507 e. The van der Waals surface area contributed by atoms with E-state index in [1.807, 2.05) is 6.07 Å². The summed E-state index contributed by atoms with van der Waals surface area (Å²) in [5, 5.41) is 10.1. The van der Waals surface area contributed by atoms with Crippen LogP contribution in [0.25, 0.3) is 0 Å². The number of halogens is 2. The lowest BCUT2D eigenvalue weighted by Gasteiger charge is -2.06. The van der Waals surface area contributed by atoms with Gasteiger partial charge in [0.05, 0.1) is 10.6 Å². The Morgan fingerprint density at radius 3 is 2.47 bits per heavy atom. The molecule has 0 saturated heterocycles. The molecule has 0 radical (unpaired) electrons. The predicted octanol–water partition coefficient (Wildman–Crippen LogP) is 4.04. The molecule has 0 bridgehead atoms. The highest BCUT2D eigenvalue weighted by atomic mass is 79.9. The lowest BCUT2D eigenvalue weighted by atomic mass is 10.0. The SMILES string of the molecule is O=C(c1ccccc1)c1cc(Br)c(Cl)cc1O. The number of rotatable bonds is 2. The fraction of sp³-hybridized carbons (Fsp3) is 0. The van der Waals surface area contributed by atoms with Crippen LogP contribution in [0.4, 0.5) is 0 Å². The first-order valence-corrected chi connectivity index (χ1v) is 6.04. The number of hydrogen-bond acceptors (Lipinski definition) is 2. The summed E-state index contributed by atoms with van der Waals surface area (Å²) in [5.41, 5.74) is 0.754. The van der Waals surface area contributed by atoms with Crippen LogP contribution in [0, 0.1) is 0 Å². The molecule has 2 nitrogen and oxygen atoms in total. The number of carbonyl (C=O) groups is 1. The quantitative estimate of drug-likeness (QED) is 0.850. The summed E-state index contributed by atoms with van der Waals surface area (Å²) in [7, 11) is 0. The second kappa shape index (κ2) is 4.90. The highest BCUT2D eigenvalue weighted by molar-refractivity contribution is 9.10. The number of phenolic OH excluding ortho intramolecular Hbond substituents is 1. The van der Waals surface area contributed by atoms with E-state index in [9.17, 15) is 9.90 Å². The highest BCUT2D eigenvalue weighted by Gasteiger charge is 2.15. The van der Waals surface area contributed by atoms with E-state index in [-0.39, 0.29) is 17.1 Å². The largest absolute Gasteiger partial charge is 0.507 e. The van der Waals surface area contributed by atoms with E-state index >= 15 is 0 Å². The van der Waals surface area contributed by atoms with Gasteiger partial charge in [-0.15, -0.1) is 0 Å². The van der Waals surface area contributed by atoms with Crippen molar-refractivity contribution in [2.75, 3.05) is 0 Å². The Morgan fingerprint density at radius 2 is 1.82 bits per heavy atom. The third kappa shape index (κ3) is 2.51. The average molecular weight is 312 g/mol. The summed E-state index contributed by atoms with van der Waals surface area (Å²) < 4.78 is 0.580. The van der Waals surface area contributed by atoms with E-state index in [1.165, 1.54) is 12.1 Å². The summed E-state index contributed by atoms with van der Waals surface area (Å²) >= 11 is 9.04. The molecule has 0 saturated carbocycles. The maximum atomic E-state index is 12.1. The number of ketones is 1. The Labute approximate surface area is 112 Å². The van der Waals surface area contributed by atoms with Crippen LogP contribution in [0.3, 0.4) is 0 Å². The number of aromatic hydroxyl groups is 1. The van der Waals surface area contributed by atoms with Gasteiger partial charge in [-0.3, -0.25) is 4.79 Å². The monoisotopic (exact) mass is 310 g/mol. The van der Waals surface area contributed by atoms with Crippen molar-refractivity contribution in [3.8, 4) is 5.75 Å². The molecule has 86 valence electrons. The first-order chi connectivity index (χ1) is 8.09. The van der Waals surface area contributed by atoms with Gasteiger partial charge in [0, 0.05) is 16.1 Å². The summed E-state index contributed by atoms with van der Waals surface area (Å²) in [6, 6.07) is 11.6. The van der Waals surface area contributed by atoms with Crippen molar-refractivity contribution >= 4 is 33.3 Å². The molecule has 2 aromatic rings. The molecule has 0 fully saturated rings. The number of benzene rings is 2. The smallest absolute Gasteiger partial charge is 0.196 e. The molecule has 0 aliphatic rings. The summed E-state index contributed by atoms with van der Waals surface area (Å²) in [4.78, 5) is 12.1. The van der Waals surface area contributed by atoms with Crippen molar-refractivity contribution < 1.29 is 9.90 Å². The second-order valence-corrected chi connectivity index (χ2v) is 4.74. The molecule has 2 aromatic carbocycles. The Bertz CT molecular complexity index is 567. The molecule has 17 heavy (non-hydrogen) atoms. The molecular formula is C13H8BrClO2. The fourth-order valence-electron chi connectivity index (χ4n) is 1.46. The topological polar surface area (TPSA) is 37.3 Å². The molecule has 0 spiro atoms. The summed E-state index contributed by atoms with van der Waals surface area (Å²) in [5.74, 6) is -0.354. The molecule has 4 heteroatoms. The Kier molecular flexibility index (Phi) is 3.50. The fourth-order valence-corrected chi connectivity index (χ4v) is 1.96. The van der Waals surface area contributed by atoms with Crippen molar-refractivity contribution in [3.05, 3.63) is 63.1 Å². The first kappa shape index (κ1) is 12.1. The Hall–Kier alpha value is -1.32. The second-order valence-electron chi connectivity index (χ2n) is 3.48. The molecule has 0 amide bonds. The normalized spacial score (nSPS) is 10.2. The lowest BCUT2D eigenvalue weighted by molar-refractivity contribution is 0.103. The van der Waals surface area contributed by atoms with Crippen LogP contribution < -0.4 is 0 Å². The Morgan fingerprint density at radius 1 is 1.18 bits per heavy atom. The zero-order valence-electron chi connectivity index (χ0n) is 8.65. The van der Waals surface area contributed by atoms with Gasteiger partial charge < -0.3 is 5.11 Å². The van der Waals surface area contributed by atoms with Gasteiger partial charge in [-0.2, -0.15) is 0 Å². The van der Waals surface area contributed by atoms with Crippen molar-refractivity contribution in [2.24, 2.45) is 0 Å². The zero-order chi connectivity index (χ0) is 12.4. The van der Waals surface area contributed by atoms with Crippen LogP contribution >= 0.6 is 27.5 Å². The third-order valence-electron chi connectivity index (χ3n) is 2.32. The van der Waals surface area contributed by atoms with Gasteiger partial charge in [0.1, 0.15) is 5.75 Å². The van der Waals surface area contributed by atoms with Crippen LogP contribution in [0.15, 0.2) is 46.9 Å². The van der Waals surface area contributed by atoms with Crippen molar-refractivity contribution in [1.82, 2.24) is 0 Å². The average Bonchev–Trinajstić information content (AvgIpc) is 2.34. The van der Waals surface area contributed by atoms with Crippen LogP contribution in [0.5, 0.6) is 5.75 Å². The van der Waals surface area contributed by atoms with Crippen LogP contribution in [-0.4, -0.2) is 10.9 Å². The standard InChI is InChI=1S/C13H8BrClO2/c14-10-6-9(12(16)7-11(10)15)13(17)8-4-2-1-3-5-8/h1-7,16H. The van der Waals surface area contributed by atoms with E-state index in [2.05, 4.69) is 15.9 Å². The highest BCUT2D eigenvalue weighted by Crippen LogP contribution is 2.31. The van der Waals surface area contributed by atoms with Crippen LogP contribution in [0.2, 0.25) is 5.02 Å². The Balaban J connectivity index is 2.48. The minimum absolute atomic E-state index is 0.118. The molecular weight excluding hydrogens is 303 g/mol. The molecule has 0 heterocycles. The van der Waals surface area contributed by atoms with Gasteiger partial charge in [0.25, 0.3) is 0 Å². The first-order valence-electron chi connectivity index (χ1n) is 4.87. The van der Waals surface area contributed by atoms with Gasteiger partial charge in [-0.05, 0) is 22.0 Å².